The number of carbonyl (C=O) groups is 5. The first-order valence-corrected chi connectivity index (χ1v) is 15.6. The van der Waals surface area contributed by atoms with E-state index in [-0.39, 0.29) is 59.9 Å². The molecule has 3 atom stereocenters. The van der Waals surface area contributed by atoms with E-state index in [0.29, 0.717) is 49.2 Å². The van der Waals surface area contributed by atoms with Crippen molar-refractivity contribution < 1.29 is 24.0 Å². The number of nitrogens with one attached hydrogen (secondary N) is 6. The minimum atomic E-state index is -0.374. The van der Waals surface area contributed by atoms with Crippen LogP contribution < -0.4 is 31.9 Å². The number of fused-ring (bicyclic) bond motifs is 1. The highest BCUT2D eigenvalue weighted by atomic mass is 32.2. The molecule has 0 bridgehead atoms. The molecule has 3 saturated heterocycles. The maximum atomic E-state index is 12.4. The van der Waals surface area contributed by atoms with Gasteiger partial charge in [-0.3, -0.25) is 19.2 Å². The predicted molar refractivity (Wildman–Crippen MR) is 165 cm³/mol. The third-order valence-corrected chi connectivity index (χ3v) is 9.19. The normalized spacial score (nSPS) is 21.1. The van der Waals surface area contributed by atoms with Crippen molar-refractivity contribution in [3.05, 3.63) is 24.3 Å². The van der Waals surface area contributed by atoms with Gasteiger partial charge in [0.1, 0.15) is 0 Å². The van der Waals surface area contributed by atoms with Crippen LogP contribution in [0.25, 0.3) is 0 Å². The average Bonchev–Trinajstić information content (AvgIpc) is 3.53. The Bertz CT molecular complexity index is 1180. The maximum Gasteiger partial charge on any atom is 0.315 e. The Balaban J connectivity index is 1.06. The van der Waals surface area contributed by atoms with E-state index in [0.717, 1.165) is 25.0 Å². The number of piperazine rings is 1. The smallest absolute Gasteiger partial charge is 0.315 e. The van der Waals surface area contributed by atoms with Gasteiger partial charge < -0.3 is 41.7 Å². The summed E-state index contributed by atoms with van der Waals surface area (Å²) in [4.78, 5) is 63.1. The van der Waals surface area contributed by atoms with Gasteiger partial charge >= 0.3 is 6.03 Å². The molecule has 42 heavy (non-hydrogen) atoms. The number of urea groups is 1. The second kappa shape index (κ2) is 15.0. The molecule has 4 rings (SSSR count). The molecule has 6 N–H and O–H groups in total. The first-order chi connectivity index (χ1) is 20.2. The lowest BCUT2D eigenvalue weighted by Crippen LogP contribution is -2.52. The molecule has 0 unspecified atom stereocenters. The fourth-order valence-corrected chi connectivity index (χ4v) is 6.82. The Labute approximate surface area is 254 Å². The number of anilines is 2. The van der Waals surface area contributed by atoms with E-state index in [1.807, 2.05) is 11.8 Å². The number of carbonyl (C=O) groups excluding carboxylic acids is 5. The number of rotatable bonds is 11. The molecular weight excluding hydrogens is 580 g/mol. The molecule has 0 saturated carbocycles. The number of unbranched alkanes of at least 4 members (excludes halogenated alkanes) is 1. The zero-order valence-electron chi connectivity index (χ0n) is 23.6. The molecule has 0 aromatic heterocycles. The Kier molecular flexibility index (Phi) is 11.2. The molecule has 3 heterocycles. The molecular formula is C27H38N8O5S2. The van der Waals surface area contributed by atoms with Gasteiger partial charge in [-0.05, 0) is 49.3 Å². The van der Waals surface area contributed by atoms with Crippen LogP contribution in [0, 0.1) is 0 Å². The van der Waals surface area contributed by atoms with E-state index in [1.54, 1.807) is 34.1 Å². The van der Waals surface area contributed by atoms with E-state index in [1.165, 1.54) is 6.92 Å². The molecule has 0 radical (unpaired) electrons. The number of amides is 6. The van der Waals surface area contributed by atoms with Crippen LogP contribution in [0.5, 0.6) is 0 Å². The van der Waals surface area contributed by atoms with Crippen molar-refractivity contribution in [2.45, 2.75) is 49.9 Å². The molecule has 228 valence electrons. The molecule has 0 aliphatic carbocycles. The summed E-state index contributed by atoms with van der Waals surface area (Å²) in [6.45, 7) is 3.17. The van der Waals surface area contributed by atoms with Crippen LogP contribution in [0.4, 0.5) is 16.2 Å². The van der Waals surface area contributed by atoms with Crippen molar-refractivity contribution in [3.63, 3.8) is 0 Å². The van der Waals surface area contributed by atoms with Gasteiger partial charge in [0, 0.05) is 61.9 Å². The summed E-state index contributed by atoms with van der Waals surface area (Å²) in [6, 6.07) is 7.39. The van der Waals surface area contributed by atoms with Gasteiger partial charge in [-0.15, -0.1) is 0 Å². The van der Waals surface area contributed by atoms with E-state index < -0.39 is 0 Å². The van der Waals surface area contributed by atoms with Gasteiger partial charge in [-0.2, -0.15) is 11.8 Å². The Hall–Kier alpha value is -3.59. The van der Waals surface area contributed by atoms with Gasteiger partial charge in [0.15, 0.2) is 5.11 Å². The number of hydrogen-bond donors (Lipinski definition) is 6. The summed E-state index contributed by atoms with van der Waals surface area (Å²) in [7, 11) is 0. The lowest BCUT2D eigenvalue weighted by atomic mass is 10.0. The summed E-state index contributed by atoms with van der Waals surface area (Å²) < 4.78 is 0. The molecule has 1 aromatic rings. The summed E-state index contributed by atoms with van der Waals surface area (Å²) in [6.07, 6.45) is 3.09. The first kappa shape index (κ1) is 31.3. The van der Waals surface area contributed by atoms with Gasteiger partial charge in [0.2, 0.25) is 23.6 Å². The molecule has 1 aromatic carbocycles. The molecule has 3 aliphatic rings. The van der Waals surface area contributed by atoms with Crippen molar-refractivity contribution in [2.75, 3.05) is 55.7 Å². The van der Waals surface area contributed by atoms with Gasteiger partial charge in [0.25, 0.3) is 0 Å². The van der Waals surface area contributed by atoms with Crippen molar-refractivity contribution in [2.24, 2.45) is 0 Å². The standard InChI is InChI=1S/C27H38N8O5S2/c1-17(36)34-10-12-35(13-11-34)24(39)15-28-23(38)14-29-27(41)31-19-8-6-18(7-9-19)30-22(37)5-3-2-4-21-25-20(16-42-21)32-26(40)33-25/h6-9,20-21,25H,2-5,10-16H2,1H3,(H,28,38)(H,30,37)(H2,29,31,41)(H2,32,33,40)/t20-,21-,25-/m0/s1. The van der Waals surface area contributed by atoms with Gasteiger partial charge in [-0.25, -0.2) is 4.79 Å². The highest BCUT2D eigenvalue weighted by Crippen LogP contribution is 2.33. The van der Waals surface area contributed by atoms with Crippen LogP contribution in [0.3, 0.4) is 0 Å². The molecule has 15 heteroatoms. The van der Waals surface area contributed by atoms with E-state index in [2.05, 4.69) is 31.9 Å². The van der Waals surface area contributed by atoms with Crippen LogP contribution in [0.1, 0.15) is 32.6 Å². The first-order valence-electron chi connectivity index (χ1n) is 14.1. The third-order valence-electron chi connectivity index (χ3n) is 7.43. The van der Waals surface area contributed by atoms with Crippen LogP contribution >= 0.6 is 24.0 Å². The predicted octanol–water partition coefficient (Wildman–Crippen LogP) is 0.444. The van der Waals surface area contributed by atoms with Crippen molar-refractivity contribution in [3.8, 4) is 0 Å². The lowest BCUT2D eigenvalue weighted by Gasteiger charge is -2.34. The molecule has 6 amide bonds. The highest BCUT2D eigenvalue weighted by molar-refractivity contribution is 8.00. The summed E-state index contributed by atoms with van der Waals surface area (Å²) in [5, 5.41) is 17.8. The molecule has 0 spiro atoms. The van der Waals surface area contributed by atoms with E-state index in [4.69, 9.17) is 12.2 Å². The fraction of sp³-hybridized carbons (Fsp3) is 0.556. The number of thioether (sulfide) groups is 1. The number of thiocarbonyl (C=S) groups is 1. The van der Waals surface area contributed by atoms with Crippen LogP contribution in [0.15, 0.2) is 24.3 Å². The van der Waals surface area contributed by atoms with Crippen LogP contribution in [-0.2, 0) is 19.2 Å². The summed E-state index contributed by atoms with van der Waals surface area (Å²) in [5.74, 6) is 0.300. The number of nitrogens with zero attached hydrogens (tertiary/aromatic N) is 2. The SMILES string of the molecule is CC(=O)N1CCN(C(=O)CNC(=O)CNC(=S)Nc2ccc(NC(=O)CCCC[C@@H]3SC[C@@H]4NC(=O)N[C@@H]43)cc2)CC1. The molecule has 3 aliphatic heterocycles. The fourth-order valence-electron chi connectivity index (χ4n) is 5.09. The average molecular weight is 619 g/mol. The van der Waals surface area contributed by atoms with Crippen molar-refractivity contribution >= 4 is 70.1 Å². The minimum Gasteiger partial charge on any atom is -0.353 e. The van der Waals surface area contributed by atoms with E-state index >= 15 is 0 Å². The highest BCUT2D eigenvalue weighted by Gasteiger charge is 2.42. The number of benzene rings is 1. The minimum absolute atomic E-state index is 0.0102. The molecule has 3 fully saturated rings. The van der Waals surface area contributed by atoms with Crippen molar-refractivity contribution in [1.29, 1.82) is 0 Å². The monoisotopic (exact) mass is 618 g/mol. The summed E-state index contributed by atoms with van der Waals surface area (Å²) >= 11 is 7.13. The molecule has 13 nitrogen and oxygen atoms in total. The Morgan fingerprint density at radius 1 is 0.905 bits per heavy atom. The zero-order chi connectivity index (χ0) is 30.1. The van der Waals surface area contributed by atoms with E-state index in [9.17, 15) is 24.0 Å². The van der Waals surface area contributed by atoms with Crippen LogP contribution in [0.2, 0.25) is 0 Å². The van der Waals surface area contributed by atoms with Crippen molar-refractivity contribution in [1.82, 2.24) is 31.1 Å². The zero-order valence-corrected chi connectivity index (χ0v) is 25.2. The Morgan fingerprint density at radius 3 is 2.26 bits per heavy atom. The number of hydrogen-bond acceptors (Lipinski definition) is 7. The third kappa shape index (κ3) is 9.21. The maximum absolute atomic E-state index is 12.4. The second-order valence-electron chi connectivity index (χ2n) is 10.5. The van der Waals surface area contributed by atoms with Gasteiger partial charge in [0.05, 0.1) is 25.2 Å². The van der Waals surface area contributed by atoms with Crippen LogP contribution in [-0.4, -0.2) is 107 Å². The summed E-state index contributed by atoms with van der Waals surface area (Å²) in [5.41, 5.74) is 1.36. The Morgan fingerprint density at radius 2 is 1.57 bits per heavy atom. The quantitative estimate of drug-likeness (QED) is 0.117. The second-order valence-corrected chi connectivity index (χ2v) is 12.1. The topological polar surface area (TPSA) is 164 Å². The van der Waals surface area contributed by atoms with Gasteiger partial charge in [-0.1, -0.05) is 6.42 Å². The lowest BCUT2D eigenvalue weighted by molar-refractivity contribution is -0.138. The largest absolute Gasteiger partial charge is 0.353 e.